The molecule has 0 aliphatic carbocycles. The number of hydrogen-bond acceptors (Lipinski definition) is 5. The average Bonchev–Trinajstić information content (AvgIpc) is 2.73. The monoisotopic (exact) mass is 375 g/mol. The summed E-state index contributed by atoms with van der Waals surface area (Å²) in [6.07, 6.45) is 0.0885. The summed E-state index contributed by atoms with van der Waals surface area (Å²) < 4.78 is 6.01. The van der Waals surface area contributed by atoms with Crippen molar-refractivity contribution < 1.29 is 19.7 Å². The maximum Gasteiger partial charge on any atom is 0.372 e. The van der Waals surface area contributed by atoms with Crippen LogP contribution in [0.4, 0.5) is 0 Å². The number of carbonyl (C=O) groups is 1. The van der Waals surface area contributed by atoms with Crippen LogP contribution < -0.4 is 4.74 Å². The molecule has 1 heterocycles. The van der Waals surface area contributed by atoms with Gasteiger partial charge in [0.1, 0.15) is 11.9 Å². The highest BCUT2D eigenvalue weighted by atomic mass is 17.1. The Bertz CT molecular complexity index is 867. The Morgan fingerprint density at radius 1 is 0.857 bits per heavy atom. The molecule has 1 fully saturated rings. The van der Waals surface area contributed by atoms with Gasteiger partial charge in [-0.05, 0) is 35.4 Å². The lowest BCUT2D eigenvalue weighted by Gasteiger charge is -2.44. The zero-order valence-electron chi connectivity index (χ0n) is 15.3. The minimum atomic E-state index is -0.782. The molecule has 0 radical (unpaired) electrons. The quantitative estimate of drug-likeness (QED) is 0.518. The highest BCUT2D eigenvalue weighted by Gasteiger charge is 2.35. The van der Waals surface area contributed by atoms with Gasteiger partial charge in [-0.2, -0.15) is 5.26 Å². The Morgan fingerprint density at radius 3 is 1.89 bits per heavy atom. The first-order chi connectivity index (χ1) is 13.7. The first-order valence-corrected chi connectivity index (χ1v) is 9.21. The molecule has 1 aliphatic rings. The molecule has 1 saturated heterocycles. The first kappa shape index (κ1) is 18.2. The number of likely N-dealkylation sites (tertiary alicyclic amines) is 1. The van der Waals surface area contributed by atoms with Crippen molar-refractivity contribution in [2.45, 2.75) is 12.1 Å². The highest BCUT2D eigenvalue weighted by molar-refractivity contribution is 5.88. The number of carbonyl (C=O) groups excluding carboxylic acids is 1. The van der Waals surface area contributed by atoms with Crippen LogP contribution in [0.3, 0.4) is 0 Å². The lowest BCUT2D eigenvalue weighted by molar-refractivity contribution is -0.182. The molecule has 5 heteroatoms. The SMILES string of the molecule is O=C(OO)c1ccc(OC2CN(C(c3ccccc3)c3ccccc3)C2)cc1. The lowest BCUT2D eigenvalue weighted by atomic mass is 9.94. The van der Waals surface area contributed by atoms with Crippen molar-refractivity contribution in [1.29, 1.82) is 0 Å². The summed E-state index contributed by atoms with van der Waals surface area (Å²) in [6.45, 7) is 1.63. The normalized spacial score (nSPS) is 14.5. The van der Waals surface area contributed by atoms with Gasteiger partial charge >= 0.3 is 5.97 Å². The molecule has 5 nitrogen and oxygen atoms in total. The summed E-state index contributed by atoms with van der Waals surface area (Å²) in [5, 5.41) is 8.43. The standard InChI is InChI=1S/C23H21NO4/c25-23(28-26)19-11-13-20(14-12-19)27-21-15-24(16-21)22(17-7-3-1-4-8-17)18-9-5-2-6-10-18/h1-14,21-22,26H,15-16H2. The highest BCUT2D eigenvalue weighted by Crippen LogP contribution is 2.33. The fourth-order valence-corrected chi connectivity index (χ4v) is 3.55. The van der Waals surface area contributed by atoms with Crippen molar-refractivity contribution in [3.63, 3.8) is 0 Å². The summed E-state index contributed by atoms with van der Waals surface area (Å²) in [5.41, 5.74) is 2.80. The lowest BCUT2D eigenvalue weighted by Crippen LogP contribution is -2.55. The van der Waals surface area contributed by atoms with E-state index in [1.54, 1.807) is 24.3 Å². The molecule has 1 N–H and O–H groups in total. The zero-order valence-corrected chi connectivity index (χ0v) is 15.3. The average molecular weight is 375 g/mol. The number of benzene rings is 3. The van der Waals surface area contributed by atoms with Gasteiger partial charge in [0.05, 0.1) is 11.6 Å². The topological polar surface area (TPSA) is 59.0 Å². The van der Waals surface area contributed by atoms with Crippen molar-refractivity contribution in [1.82, 2.24) is 4.90 Å². The molecule has 142 valence electrons. The first-order valence-electron chi connectivity index (χ1n) is 9.21. The molecule has 0 spiro atoms. The van der Waals surface area contributed by atoms with Gasteiger partial charge < -0.3 is 4.74 Å². The van der Waals surface area contributed by atoms with E-state index < -0.39 is 5.97 Å². The van der Waals surface area contributed by atoms with Crippen molar-refractivity contribution in [2.24, 2.45) is 0 Å². The molecule has 0 bridgehead atoms. The second-order valence-corrected chi connectivity index (χ2v) is 6.82. The van der Waals surface area contributed by atoms with Gasteiger partial charge in [-0.25, -0.2) is 4.79 Å². The molecule has 1 aliphatic heterocycles. The molecule has 0 unspecified atom stereocenters. The van der Waals surface area contributed by atoms with E-state index in [9.17, 15) is 4.79 Å². The van der Waals surface area contributed by atoms with Gasteiger partial charge in [-0.3, -0.25) is 9.79 Å². The molecule has 4 rings (SSSR count). The fourth-order valence-electron chi connectivity index (χ4n) is 3.55. The predicted molar refractivity (Wildman–Crippen MR) is 105 cm³/mol. The van der Waals surface area contributed by atoms with Gasteiger partial charge in [-0.1, -0.05) is 60.7 Å². The van der Waals surface area contributed by atoms with E-state index in [1.807, 2.05) is 12.1 Å². The van der Waals surface area contributed by atoms with Crippen molar-refractivity contribution >= 4 is 5.97 Å². The minimum absolute atomic E-state index is 0.0885. The van der Waals surface area contributed by atoms with Gasteiger partial charge in [0, 0.05) is 13.1 Å². The van der Waals surface area contributed by atoms with E-state index in [-0.39, 0.29) is 17.7 Å². The summed E-state index contributed by atoms with van der Waals surface area (Å²) in [4.78, 5) is 17.4. The van der Waals surface area contributed by atoms with E-state index in [0.29, 0.717) is 5.75 Å². The molecular weight excluding hydrogens is 354 g/mol. The molecule has 0 atom stereocenters. The van der Waals surface area contributed by atoms with E-state index >= 15 is 0 Å². The van der Waals surface area contributed by atoms with Crippen LogP contribution in [0.25, 0.3) is 0 Å². The third-order valence-corrected chi connectivity index (χ3v) is 4.95. The largest absolute Gasteiger partial charge is 0.488 e. The molecule has 0 amide bonds. The van der Waals surface area contributed by atoms with Crippen LogP contribution >= 0.6 is 0 Å². The van der Waals surface area contributed by atoms with Crippen LogP contribution in [0.2, 0.25) is 0 Å². The van der Waals surface area contributed by atoms with Gasteiger partial charge in [-0.15, -0.1) is 0 Å². The Labute approximate surface area is 163 Å². The van der Waals surface area contributed by atoms with Gasteiger partial charge in [0.15, 0.2) is 0 Å². The van der Waals surface area contributed by atoms with E-state index in [1.165, 1.54) is 11.1 Å². The fraction of sp³-hybridized carbons (Fsp3) is 0.174. The number of ether oxygens (including phenoxy) is 1. The van der Waals surface area contributed by atoms with Crippen molar-refractivity contribution in [3.05, 3.63) is 102 Å². The number of rotatable bonds is 6. The van der Waals surface area contributed by atoms with Crippen LogP contribution in [-0.2, 0) is 4.89 Å². The van der Waals surface area contributed by atoms with Crippen LogP contribution in [0.1, 0.15) is 27.5 Å². The predicted octanol–water partition coefficient (Wildman–Crippen LogP) is 4.17. The van der Waals surface area contributed by atoms with E-state index in [2.05, 4.69) is 58.3 Å². The maximum atomic E-state index is 11.3. The van der Waals surface area contributed by atoms with Crippen molar-refractivity contribution in [2.75, 3.05) is 13.1 Å². The zero-order chi connectivity index (χ0) is 19.3. The molecule has 3 aromatic carbocycles. The minimum Gasteiger partial charge on any atom is -0.488 e. The summed E-state index contributed by atoms with van der Waals surface area (Å²) in [6, 6.07) is 27.7. The van der Waals surface area contributed by atoms with Crippen LogP contribution in [-0.4, -0.2) is 35.3 Å². The second kappa shape index (κ2) is 8.25. The Hall–Kier alpha value is -3.15. The Kier molecular flexibility index (Phi) is 5.37. The third-order valence-electron chi connectivity index (χ3n) is 4.95. The van der Waals surface area contributed by atoms with E-state index in [4.69, 9.17) is 9.99 Å². The Balaban J connectivity index is 1.43. The molecule has 0 saturated carbocycles. The van der Waals surface area contributed by atoms with Crippen molar-refractivity contribution in [3.8, 4) is 5.75 Å². The van der Waals surface area contributed by atoms with Crippen LogP contribution in [0.15, 0.2) is 84.9 Å². The van der Waals surface area contributed by atoms with E-state index in [0.717, 1.165) is 13.1 Å². The van der Waals surface area contributed by atoms with Gasteiger partial charge in [0.2, 0.25) is 0 Å². The Morgan fingerprint density at radius 2 is 1.39 bits per heavy atom. The number of nitrogens with zero attached hydrogens (tertiary/aromatic N) is 1. The smallest absolute Gasteiger partial charge is 0.372 e. The van der Waals surface area contributed by atoms with Crippen LogP contribution in [0.5, 0.6) is 5.75 Å². The molecule has 3 aromatic rings. The second-order valence-electron chi connectivity index (χ2n) is 6.82. The molecular formula is C23H21NO4. The molecule has 28 heavy (non-hydrogen) atoms. The summed E-state index contributed by atoms with van der Waals surface area (Å²) in [7, 11) is 0. The number of hydrogen-bond donors (Lipinski definition) is 1. The molecule has 0 aromatic heterocycles. The third kappa shape index (κ3) is 3.91. The van der Waals surface area contributed by atoms with Crippen LogP contribution in [0, 0.1) is 0 Å². The maximum absolute atomic E-state index is 11.3. The van der Waals surface area contributed by atoms with Gasteiger partial charge in [0.25, 0.3) is 0 Å². The summed E-state index contributed by atoms with van der Waals surface area (Å²) >= 11 is 0. The summed E-state index contributed by atoms with van der Waals surface area (Å²) in [5.74, 6) is -0.0926.